The Morgan fingerprint density at radius 3 is 2.62 bits per heavy atom. The molecule has 520 valence electrons. The van der Waals surface area contributed by atoms with Crippen LogP contribution in [0.5, 0.6) is 28.7 Å². The number of ether oxygens (including phenoxy) is 5. The van der Waals surface area contributed by atoms with Gasteiger partial charge in [0, 0.05) is 119 Å². The van der Waals surface area contributed by atoms with Crippen molar-refractivity contribution in [1.29, 1.82) is 0 Å². The van der Waals surface area contributed by atoms with Gasteiger partial charge >= 0.3 is 5.97 Å². The minimum absolute atomic E-state index is 0.0213. The fourth-order valence-corrected chi connectivity index (χ4v) is 24.2. The third kappa shape index (κ3) is 11.0. The van der Waals surface area contributed by atoms with Crippen LogP contribution in [0.2, 0.25) is 0 Å². The molecule has 6 aliphatic carbocycles. The fraction of sp³-hybridized carbons (Fsp3) is 0.482. The first-order chi connectivity index (χ1) is 48.7. The number of hydrogen-bond acceptors (Lipinski definition) is 17. The minimum Gasteiger partial charge on any atom is -0.508 e. The molecule has 12 aliphatic rings. The van der Waals surface area contributed by atoms with Gasteiger partial charge < -0.3 is 70.9 Å². The van der Waals surface area contributed by atoms with Gasteiger partial charge in [0.25, 0.3) is 0 Å². The van der Waals surface area contributed by atoms with E-state index in [2.05, 4.69) is 137 Å². The Morgan fingerprint density at radius 2 is 1.77 bits per heavy atom. The lowest BCUT2D eigenvalue weighted by atomic mass is 9.43. The number of rotatable bonds is 9. The Morgan fingerprint density at radius 1 is 0.890 bits per heavy atom. The molecule has 1 saturated heterocycles. The number of dihydropyridines is 1. The summed E-state index contributed by atoms with van der Waals surface area (Å²) in [7, 11) is 5.52. The number of allylic oxidation sites excluding steroid dienone is 4. The average Bonchev–Trinajstić information content (AvgIpc) is 1.29. The molecule has 17 rings (SSSR count). The monoisotopic (exact) mass is 1380 g/mol. The van der Waals surface area contributed by atoms with Crippen molar-refractivity contribution < 1.29 is 54.0 Å². The number of carbonyl (C=O) groups is 1. The highest BCUT2D eigenvalue weighted by Crippen LogP contribution is 2.72. The van der Waals surface area contributed by atoms with Crippen molar-refractivity contribution in [3.63, 3.8) is 0 Å². The van der Waals surface area contributed by atoms with E-state index in [4.69, 9.17) is 29.4 Å². The topological polar surface area (TPSA) is 226 Å². The first-order valence-corrected chi connectivity index (χ1v) is 38.8. The number of hydrogen-bond donors (Lipinski definition) is 9. The van der Waals surface area contributed by atoms with E-state index in [1.807, 2.05) is 33.7 Å². The number of aliphatic hydroxyl groups excluding tert-OH is 2. The van der Waals surface area contributed by atoms with Crippen LogP contribution >= 0.6 is 21.6 Å². The molecule has 100 heavy (non-hydrogen) atoms. The molecule has 10 N–H and O–H groups in total. The first kappa shape index (κ1) is 66.1. The fourth-order valence-electron chi connectivity index (χ4n) is 21.0. The number of esters is 1. The van der Waals surface area contributed by atoms with Gasteiger partial charge in [0.15, 0.2) is 18.3 Å². The van der Waals surface area contributed by atoms with E-state index in [0.29, 0.717) is 116 Å². The van der Waals surface area contributed by atoms with E-state index >= 15 is 0 Å². The second kappa shape index (κ2) is 26.3. The molecule has 0 radical (unpaired) electrons. The standard InChI is InChI=1S/C83H90N4O11S2/c1-47(90)95-43-64-58-19-20-60-70-53(36-57(91)37-67(70)96-46-89)38-81-29-28-80(45-81)30-31-82(93)26-6-7-27-83(82)55-14-8-12-49(33-55)32-52-17-16-51(18-23-65-59(79(80)83)22-25-69(84)87-65)71-62(40-85-39-54(41-88)63(52)42-94-2)74(92)77-61(72(71)75(64)97-76(58)73(60)81)21-24-66-78(98-77)68(35-48-10-4-3-5-11-48)100-99-44-50-13-9-15-56(34-50)86-66/h3-5,8,10-12,14,19-22,24-25,30-31,33,36-37,50-52,54,56,63-64,66,68-69,75,78-79,85-89,91-93H,6-7,9,13,15,26-29,32,34-35,38-46,84H2,1-2H3. The molecule has 5 aromatic rings. The molecule has 11 bridgehead atoms. The number of nitrogens with two attached hydrogens (primary N) is 1. The quantitative estimate of drug-likeness (QED) is 0.0220. The summed E-state index contributed by atoms with van der Waals surface area (Å²) >= 11 is 0. The molecule has 17 atom stereocenters. The summed E-state index contributed by atoms with van der Waals surface area (Å²) in [6, 6.07) is 27.2. The zero-order chi connectivity index (χ0) is 68.2. The summed E-state index contributed by atoms with van der Waals surface area (Å²) < 4.78 is 34.9. The summed E-state index contributed by atoms with van der Waals surface area (Å²) in [6.07, 6.45) is 22.0. The van der Waals surface area contributed by atoms with Crippen LogP contribution in [0.3, 0.4) is 0 Å². The van der Waals surface area contributed by atoms with Crippen LogP contribution in [-0.2, 0) is 50.9 Å². The number of aromatic hydroxyl groups is 2. The van der Waals surface area contributed by atoms with Crippen LogP contribution in [0.1, 0.15) is 151 Å². The lowest BCUT2D eigenvalue weighted by Gasteiger charge is -2.62. The maximum absolute atomic E-state index is 14.2. The van der Waals surface area contributed by atoms with E-state index in [0.717, 1.165) is 82.4 Å². The number of phenolic OH excluding ortho intramolecular Hbond substituents is 2. The van der Waals surface area contributed by atoms with E-state index in [1.54, 1.807) is 13.2 Å². The molecule has 6 aliphatic heterocycles. The van der Waals surface area contributed by atoms with Crippen molar-refractivity contribution in [3.8, 4) is 63.6 Å². The molecular formula is C83H90N4O11S2. The second-order valence-electron chi connectivity index (χ2n) is 30.8. The van der Waals surface area contributed by atoms with Crippen molar-refractivity contribution in [3.05, 3.63) is 176 Å². The lowest BCUT2D eigenvalue weighted by molar-refractivity contribution is -0.141. The van der Waals surface area contributed by atoms with Crippen molar-refractivity contribution in [2.75, 3.05) is 46.0 Å². The van der Waals surface area contributed by atoms with Crippen LogP contribution < -0.4 is 35.9 Å². The van der Waals surface area contributed by atoms with Gasteiger partial charge in [0.1, 0.15) is 42.0 Å². The molecule has 3 saturated carbocycles. The number of aliphatic hydroxyl groups is 3. The summed E-state index contributed by atoms with van der Waals surface area (Å²) in [5.74, 6) is 14.9. The number of carbonyl (C=O) groups excluding carboxylic acids is 1. The third-order valence-electron chi connectivity index (χ3n) is 25.2. The normalized spacial score (nSPS) is 34.4. The van der Waals surface area contributed by atoms with Crippen molar-refractivity contribution >= 4 is 33.6 Å². The predicted molar refractivity (Wildman–Crippen MR) is 388 cm³/mol. The highest BCUT2D eigenvalue weighted by Gasteiger charge is 2.68. The zero-order valence-corrected chi connectivity index (χ0v) is 58.5. The molecule has 6 heterocycles. The third-order valence-corrected chi connectivity index (χ3v) is 28.1. The maximum Gasteiger partial charge on any atom is 0.302 e. The van der Waals surface area contributed by atoms with Gasteiger partial charge in [-0.1, -0.05) is 156 Å². The van der Waals surface area contributed by atoms with Crippen LogP contribution in [0.25, 0.3) is 17.2 Å². The number of benzene rings is 5. The number of phenols is 2. The minimum atomic E-state index is -1.32. The van der Waals surface area contributed by atoms with E-state index in [-0.39, 0.29) is 60.4 Å². The van der Waals surface area contributed by atoms with Crippen molar-refractivity contribution in [1.82, 2.24) is 16.0 Å². The van der Waals surface area contributed by atoms with Crippen molar-refractivity contribution in [2.24, 2.45) is 40.7 Å². The first-order valence-electron chi connectivity index (χ1n) is 36.4. The van der Waals surface area contributed by atoms with Crippen LogP contribution in [-0.4, -0.2) is 113 Å². The molecule has 17 unspecified atom stereocenters. The summed E-state index contributed by atoms with van der Waals surface area (Å²) in [5.41, 5.74) is 15.1. The molecule has 0 amide bonds. The summed E-state index contributed by atoms with van der Waals surface area (Å²) in [4.78, 5) is 13.7. The lowest BCUT2D eigenvalue weighted by Crippen LogP contribution is -2.63. The highest BCUT2D eigenvalue weighted by molar-refractivity contribution is 8.77. The molecule has 5 aromatic carbocycles. The molecule has 4 fully saturated rings. The van der Waals surface area contributed by atoms with Gasteiger partial charge in [-0.3, -0.25) is 4.79 Å². The molecule has 17 heteroatoms. The maximum atomic E-state index is 14.2. The van der Waals surface area contributed by atoms with Gasteiger partial charge in [-0.2, -0.15) is 0 Å². The van der Waals surface area contributed by atoms with E-state index in [9.17, 15) is 30.3 Å². The Kier molecular flexibility index (Phi) is 17.4. The number of fused-ring (bicyclic) bond motifs is 12. The Hall–Kier alpha value is -7.13. The number of nitrogens with one attached hydrogen (secondary N) is 3. The Bertz CT molecular complexity index is 4360. The average molecular weight is 1380 g/mol. The SMILES string of the molecule is COCC1C2C#CC3C#CC4=C(C=CC(N)N4)C4C5(C=CC6(O)CCCCC46c4cccc(c4)C2)CCC2(Cc4cc(O)cc(OCO)c4-c4ccc6c(c42)OC(c2c4c(c(O)c(c23)CNCC1CO)OC1C(C=C4)NC2CCCC(CSSC1Cc1ccccc1)C2)C6COC(C)=O)C5. The summed E-state index contributed by atoms with van der Waals surface area (Å²) in [6.45, 7) is 1.32. The van der Waals surface area contributed by atoms with Gasteiger partial charge in [-0.15, -0.1) is 0 Å². The Balaban J connectivity index is 1.01. The van der Waals surface area contributed by atoms with Gasteiger partial charge in [0.2, 0.25) is 0 Å². The second-order valence-corrected chi connectivity index (χ2v) is 33.4. The largest absolute Gasteiger partial charge is 0.508 e. The van der Waals surface area contributed by atoms with Crippen LogP contribution in [0.15, 0.2) is 121 Å². The van der Waals surface area contributed by atoms with Gasteiger partial charge in [0.05, 0.1) is 41.3 Å². The molecular weight excluding hydrogens is 1290 g/mol. The molecule has 0 aromatic heterocycles. The van der Waals surface area contributed by atoms with E-state index < -0.39 is 76.7 Å². The van der Waals surface area contributed by atoms with Crippen LogP contribution in [0, 0.1) is 58.7 Å². The summed E-state index contributed by atoms with van der Waals surface area (Å²) in [5, 5.41) is 74.3. The molecule has 15 nitrogen and oxygen atoms in total. The predicted octanol–water partition coefficient (Wildman–Crippen LogP) is 11.5. The van der Waals surface area contributed by atoms with Gasteiger partial charge in [-0.05, 0) is 139 Å². The number of methoxy groups -OCH3 is 1. The smallest absolute Gasteiger partial charge is 0.302 e. The Labute approximate surface area is 594 Å². The van der Waals surface area contributed by atoms with Crippen LogP contribution in [0.4, 0.5) is 0 Å². The van der Waals surface area contributed by atoms with Crippen molar-refractivity contribution in [2.45, 2.75) is 167 Å². The highest BCUT2D eigenvalue weighted by atomic mass is 33.1. The van der Waals surface area contributed by atoms with Gasteiger partial charge in [-0.25, -0.2) is 0 Å². The zero-order valence-electron chi connectivity index (χ0n) is 56.9. The van der Waals surface area contributed by atoms with E-state index in [1.165, 1.54) is 18.9 Å². The molecule has 3 spiro atoms.